The Labute approximate surface area is 110 Å². The van der Waals surface area contributed by atoms with E-state index in [4.69, 9.17) is 4.74 Å². The van der Waals surface area contributed by atoms with Gasteiger partial charge in [-0.1, -0.05) is 13.8 Å². The summed E-state index contributed by atoms with van der Waals surface area (Å²) in [5.41, 5.74) is 0. The fraction of sp³-hybridized carbons (Fsp3) is 0.917. The van der Waals surface area contributed by atoms with Crippen LogP contribution in [0.15, 0.2) is 0 Å². The van der Waals surface area contributed by atoms with Crippen LogP contribution in [0.3, 0.4) is 0 Å². The van der Waals surface area contributed by atoms with Crippen molar-refractivity contribution in [1.82, 2.24) is 10.2 Å². The maximum absolute atomic E-state index is 11.8. The number of nitrogens with one attached hydrogen (secondary N) is 1. The van der Waals surface area contributed by atoms with Gasteiger partial charge in [0.15, 0.2) is 0 Å². The van der Waals surface area contributed by atoms with E-state index in [-0.39, 0.29) is 18.3 Å². The van der Waals surface area contributed by atoms with Crippen LogP contribution in [0.2, 0.25) is 0 Å². The number of ether oxygens (including phenoxy) is 1. The van der Waals surface area contributed by atoms with Gasteiger partial charge in [-0.15, -0.1) is 12.4 Å². The molecule has 0 aromatic rings. The van der Waals surface area contributed by atoms with Crippen molar-refractivity contribution >= 4 is 18.3 Å². The molecule has 1 heterocycles. The standard InChI is InChI=1S/C12H24N2O2.ClH/c1-10(2)11-4-6-14(9-11)12(15)8-13-5-7-16-3;/h10-11,13H,4-9H2,1-3H3;1H. The summed E-state index contributed by atoms with van der Waals surface area (Å²) >= 11 is 0. The molecule has 1 aliphatic rings. The SMILES string of the molecule is COCCNCC(=O)N1CCC(C(C)C)C1.Cl. The molecule has 1 aliphatic heterocycles. The summed E-state index contributed by atoms with van der Waals surface area (Å²) in [6.07, 6.45) is 1.15. The summed E-state index contributed by atoms with van der Waals surface area (Å²) in [7, 11) is 1.66. The van der Waals surface area contributed by atoms with Gasteiger partial charge in [0.2, 0.25) is 5.91 Å². The molecule has 102 valence electrons. The van der Waals surface area contributed by atoms with Crippen LogP contribution >= 0.6 is 12.4 Å². The Bertz CT molecular complexity index is 225. The lowest BCUT2D eigenvalue weighted by Crippen LogP contribution is -2.37. The number of carbonyl (C=O) groups is 1. The molecule has 1 rings (SSSR count). The number of methoxy groups -OCH3 is 1. The van der Waals surface area contributed by atoms with Gasteiger partial charge >= 0.3 is 0 Å². The lowest BCUT2D eigenvalue weighted by molar-refractivity contribution is -0.129. The molecule has 4 nitrogen and oxygen atoms in total. The van der Waals surface area contributed by atoms with Crippen molar-refractivity contribution in [3.63, 3.8) is 0 Å². The Morgan fingerprint density at radius 1 is 1.53 bits per heavy atom. The molecule has 5 heteroatoms. The monoisotopic (exact) mass is 264 g/mol. The molecule has 17 heavy (non-hydrogen) atoms. The molecule has 1 unspecified atom stereocenters. The molecule has 0 aromatic carbocycles. The van der Waals surface area contributed by atoms with Crippen molar-refractivity contribution < 1.29 is 9.53 Å². The quantitative estimate of drug-likeness (QED) is 0.732. The molecule has 1 amide bonds. The molecule has 0 bridgehead atoms. The van der Waals surface area contributed by atoms with Crippen LogP contribution in [0, 0.1) is 11.8 Å². The van der Waals surface area contributed by atoms with Gasteiger partial charge in [-0.25, -0.2) is 0 Å². The number of amides is 1. The zero-order valence-corrected chi connectivity index (χ0v) is 11.9. The summed E-state index contributed by atoms with van der Waals surface area (Å²) in [6.45, 7) is 8.15. The van der Waals surface area contributed by atoms with E-state index in [2.05, 4.69) is 19.2 Å². The third-order valence-electron chi connectivity index (χ3n) is 3.28. The average Bonchev–Trinajstić information content (AvgIpc) is 2.73. The minimum absolute atomic E-state index is 0. The van der Waals surface area contributed by atoms with Crippen LogP contribution in [-0.2, 0) is 9.53 Å². The smallest absolute Gasteiger partial charge is 0.236 e. The molecule has 0 aromatic heterocycles. The molecule has 0 saturated carbocycles. The largest absolute Gasteiger partial charge is 0.383 e. The Hall–Kier alpha value is -0.320. The second-order valence-electron chi connectivity index (χ2n) is 4.80. The topological polar surface area (TPSA) is 41.6 Å². The molecule has 0 aliphatic carbocycles. The number of halogens is 1. The Morgan fingerprint density at radius 3 is 2.76 bits per heavy atom. The van der Waals surface area contributed by atoms with Crippen LogP contribution in [0.4, 0.5) is 0 Å². The van der Waals surface area contributed by atoms with Crippen LogP contribution < -0.4 is 5.32 Å². The first-order valence-electron chi connectivity index (χ1n) is 6.12. The van der Waals surface area contributed by atoms with Crippen LogP contribution in [0.1, 0.15) is 20.3 Å². The second kappa shape index (κ2) is 8.72. The average molecular weight is 265 g/mol. The van der Waals surface area contributed by atoms with E-state index in [1.54, 1.807) is 7.11 Å². The number of hydrogen-bond acceptors (Lipinski definition) is 3. The van der Waals surface area contributed by atoms with E-state index >= 15 is 0 Å². The Balaban J connectivity index is 0.00000256. The number of likely N-dealkylation sites (tertiary alicyclic amines) is 1. The van der Waals surface area contributed by atoms with Crippen molar-refractivity contribution in [3.8, 4) is 0 Å². The third kappa shape index (κ3) is 5.70. The van der Waals surface area contributed by atoms with Crippen LogP contribution in [0.25, 0.3) is 0 Å². The van der Waals surface area contributed by atoms with E-state index in [1.807, 2.05) is 4.90 Å². The predicted molar refractivity (Wildman–Crippen MR) is 71.5 cm³/mol. The highest BCUT2D eigenvalue weighted by Crippen LogP contribution is 2.23. The summed E-state index contributed by atoms with van der Waals surface area (Å²) in [6, 6.07) is 0. The van der Waals surface area contributed by atoms with Gasteiger partial charge in [0.05, 0.1) is 13.2 Å². The highest BCUT2D eigenvalue weighted by molar-refractivity contribution is 5.85. The Kier molecular flexibility index (Phi) is 8.56. The molecule has 1 fully saturated rings. The zero-order chi connectivity index (χ0) is 12.0. The van der Waals surface area contributed by atoms with E-state index < -0.39 is 0 Å². The third-order valence-corrected chi connectivity index (χ3v) is 3.28. The first-order chi connectivity index (χ1) is 7.65. The van der Waals surface area contributed by atoms with Gasteiger partial charge in [0.1, 0.15) is 0 Å². The van der Waals surface area contributed by atoms with E-state index in [0.29, 0.717) is 25.0 Å². The van der Waals surface area contributed by atoms with Crippen molar-refractivity contribution in [1.29, 1.82) is 0 Å². The maximum Gasteiger partial charge on any atom is 0.236 e. The van der Waals surface area contributed by atoms with Gasteiger partial charge in [-0.3, -0.25) is 4.79 Å². The summed E-state index contributed by atoms with van der Waals surface area (Å²) in [5, 5.41) is 3.09. The second-order valence-corrected chi connectivity index (χ2v) is 4.80. The molecule has 1 saturated heterocycles. The fourth-order valence-corrected chi connectivity index (χ4v) is 2.04. The van der Waals surface area contributed by atoms with Crippen LogP contribution in [-0.4, -0.2) is 50.7 Å². The summed E-state index contributed by atoms with van der Waals surface area (Å²) in [5.74, 6) is 1.58. The fourth-order valence-electron chi connectivity index (χ4n) is 2.04. The first kappa shape index (κ1) is 16.7. The van der Waals surface area contributed by atoms with Gasteiger partial charge < -0.3 is 15.0 Å². The van der Waals surface area contributed by atoms with E-state index in [9.17, 15) is 4.79 Å². The molecule has 1 N–H and O–H groups in total. The van der Waals surface area contributed by atoms with Crippen molar-refractivity contribution in [3.05, 3.63) is 0 Å². The minimum Gasteiger partial charge on any atom is -0.383 e. The predicted octanol–water partition coefficient (Wildman–Crippen LogP) is 1.15. The highest BCUT2D eigenvalue weighted by Gasteiger charge is 2.27. The highest BCUT2D eigenvalue weighted by atomic mass is 35.5. The van der Waals surface area contributed by atoms with Crippen molar-refractivity contribution in [2.24, 2.45) is 11.8 Å². The molecule has 0 radical (unpaired) electrons. The molecule has 1 atom stereocenters. The normalized spacial score (nSPS) is 19.5. The summed E-state index contributed by atoms with van der Waals surface area (Å²) < 4.78 is 4.91. The first-order valence-corrected chi connectivity index (χ1v) is 6.12. The van der Waals surface area contributed by atoms with Crippen LogP contribution in [0.5, 0.6) is 0 Å². The molecule has 0 spiro atoms. The van der Waals surface area contributed by atoms with Gasteiger partial charge in [0, 0.05) is 26.7 Å². The number of hydrogen-bond donors (Lipinski definition) is 1. The molecular weight excluding hydrogens is 240 g/mol. The van der Waals surface area contributed by atoms with Gasteiger partial charge in [0.25, 0.3) is 0 Å². The van der Waals surface area contributed by atoms with E-state index in [0.717, 1.165) is 26.1 Å². The number of carbonyl (C=O) groups excluding carboxylic acids is 1. The number of rotatable bonds is 6. The summed E-state index contributed by atoms with van der Waals surface area (Å²) in [4.78, 5) is 13.8. The van der Waals surface area contributed by atoms with Gasteiger partial charge in [-0.2, -0.15) is 0 Å². The lowest BCUT2D eigenvalue weighted by Gasteiger charge is -2.18. The minimum atomic E-state index is 0. The van der Waals surface area contributed by atoms with E-state index in [1.165, 1.54) is 0 Å². The zero-order valence-electron chi connectivity index (χ0n) is 11.1. The van der Waals surface area contributed by atoms with Gasteiger partial charge in [-0.05, 0) is 18.3 Å². The maximum atomic E-state index is 11.8. The number of nitrogens with zero attached hydrogens (tertiary/aromatic N) is 1. The lowest BCUT2D eigenvalue weighted by atomic mass is 9.95. The van der Waals surface area contributed by atoms with Crippen molar-refractivity contribution in [2.45, 2.75) is 20.3 Å². The molecular formula is C12H25ClN2O2. The van der Waals surface area contributed by atoms with Crippen molar-refractivity contribution in [2.75, 3.05) is 39.9 Å². The Morgan fingerprint density at radius 2 is 2.24 bits per heavy atom.